The molecular formula is C36H22N6S2. The third-order valence-corrected chi connectivity index (χ3v) is 10.4. The van der Waals surface area contributed by atoms with E-state index < -0.39 is 0 Å². The van der Waals surface area contributed by atoms with Crippen LogP contribution in [-0.4, -0.2) is 29.1 Å². The van der Waals surface area contributed by atoms with Gasteiger partial charge in [0.05, 0.1) is 20.4 Å². The number of aromatic nitrogens is 6. The predicted octanol–water partition coefficient (Wildman–Crippen LogP) is 10.0. The second kappa shape index (κ2) is 9.03. The van der Waals surface area contributed by atoms with Gasteiger partial charge in [-0.3, -0.25) is 9.13 Å². The first-order valence-electron chi connectivity index (χ1n) is 14.4. The van der Waals surface area contributed by atoms with Gasteiger partial charge in [-0.05, 0) is 36.4 Å². The first kappa shape index (κ1) is 24.0. The van der Waals surface area contributed by atoms with E-state index in [-0.39, 0.29) is 0 Å². The summed E-state index contributed by atoms with van der Waals surface area (Å²) in [7, 11) is 0. The van der Waals surface area contributed by atoms with Crippen molar-refractivity contribution in [1.29, 1.82) is 0 Å². The van der Waals surface area contributed by atoms with Gasteiger partial charge in [-0.25, -0.2) is 9.97 Å². The predicted molar refractivity (Wildman–Crippen MR) is 185 cm³/mol. The smallest absolute Gasteiger partial charge is 0.196 e. The van der Waals surface area contributed by atoms with Crippen LogP contribution < -0.4 is 0 Å². The lowest BCUT2D eigenvalue weighted by Crippen LogP contribution is -1.97. The maximum Gasteiger partial charge on any atom is 0.196 e. The molecule has 0 atom stereocenters. The van der Waals surface area contributed by atoms with Crippen LogP contribution in [-0.2, 0) is 0 Å². The first-order chi connectivity index (χ1) is 21.8. The number of aromatic amines is 2. The molecule has 6 nitrogen and oxygen atoms in total. The second-order valence-electron chi connectivity index (χ2n) is 10.9. The monoisotopic (exact) mass is 602 g/mol. The molecule has 0 radical (unpaired) electrons. The Morgan fingerprint density at radius 1 is 0.432 bits per heavy atom. The largest absolute Gasteiger partial charge is 0.339 e. The fourth-order valence-corrected chi connectivity index (χ4v) is 8.43. The van der Waals surface area contributed by atoms with Crippen molar-refractivity contribution in [3.8, 4) is 11.4 Å². The molecular weight excluding hydrogens is 581 g/mol. The number of nitrogens with one attached hydrogen (secondary N) is 2. The quantitative estimate of drug-likeness (QED) is 0.207. The Morgan fingerprint density at radius 3 is 1.25 bits per heavy atom. The summed E-state index contributed by atoms with van der Waals surface area (Å²) < 4.78 is 6.72. The van der Waals surface area contributed by atoms with Gasteiger partial charge in [0.2, 0.25) is 0 Å². The van der Waals surface area contributed by atoms with Gasteiger partial charge >= 0.3 is 0 Å². The van der Waals surface area contributed by atoms with Crippen LogP contribution in [0.15, 0.2) is 121 Å². The molecule has 10 aromatic rings. The Bertz CT molecular complexity index is 2580. The van der Waals surface area contributed by atoms with Gasteiger partial charge in [0.25, 0.3) is 0 Å². The molecule has 44 heavy (non-hydrogen) atoms. The molecule has 0 aliphatic rings. The van der Waals surface area contributed by atoms with E-state index in [1.807, 2.05) is 0 Å². The van der Waals surface area contributed by atoms with E-state index in [0.29, 0.717) is 0 Å². The molecule has 5 heterocycles. The standard InChI is InChI=1S/C36H22N6S2/c1-3-11-21(12-4-1)41-33-25-17-9-7-15-23(25)29(37-33)30-24-16-8-10-18-26(24)34(38-30)42(22-13-5-2-6-14-22)36-40-32-28(44-36)20-19-27-31(32)39-35(41)43-27/h1-20,37-38H. The van der Waals surface area contributed by atoms with Crippen molar-refractivity contribution in [2.75, 3.05) is 0 Å². The number of hydrogen-bond acceptors (Lipinski definition) is 4. The van der Waals surface area contributed by atoms with Crippen molar-refractivity contribution < 1.29 is 0 Å². The summed E-state index contributed by atoms with van der Waals surface area (Å²) >= 11 is 3.37. The molecule has 0 spiro atoms. The summed E-state index contributed by atoms with van der Waals surface area (Å²) in [5, 5.41) is 4.53. The highest BCUT2D eigenvalue weighted by Gasteiger charge is 2.18. The lowest BCUT2D eigenvalue weighted by Gasteiger charge is -2.07. The number of H-pyrrole nitrogens is 2. The Hall–Kier alpha value is -5.44. The van der Waals surface area contributed by atoms with Gasteiger partial charge in [0, 0.05) is 32.9 Å². The number of nitrogens with zero attached hydrogens (tertiary/aromatic N) is 4. The van der Waals surface area contributed by atoms with Crippen molar-refractivity contribution in [2.45, 2.75) is 0 Å². The van der Waals surface area contributed by atoms with Crippen LogP contribution >= 0.6 is 22.7 Å². The van der Waals surface area contributed by atoms with Crippen molar-refractivity contribution in [3.63, 3.8) is 0 Å². The summed E-state index contributed by atoms with van der Waals surface area (Å²) in [5.41, 5.74) is 7.95. The second-order valence-corrected chi connectivity index (χ2v) is 12.9. The van der Waals surface area contributed by atoms with E-state index in [9.17, 15) is 0 Å². The van der Waals surface area contributed by atoms with Crippen LogP contribution in [0.25, 0.3) is 85.6 Å². The molecule has 0 unspecified atom stereocenters. The van der Waals surface area contributed by atoms with Crippen molar-refractivity contribution in [3.05, 3.63) is 121 Å². The number of hydrogen-bond donors (Lipinski definition) is 2. The minimum atomic E-state index is 0.890. The maximum absolute atomic E-state index is 5.31. The van der Waals surface area contributed by atoms with Crippen LogP contribution in [0.2, 0.25) is 0 Å². The SMILES string of the molecule is c1ccc(-n2c3nc4c(ccc5sc(nc54)n(-c4ccccc4)c4[nH]c(c5ccccc54)c4[nH]c2c2ccccc24)s3)cc1. The van der Waals surface area contributed by atoms with Gasteiger partial charge < -0.3 is 9.97 Å². The summed E-state index contributed by atoms with van der Waals surface area (Å²) in [6.07, 6.45) is 0. The lowest BCUT2D eigenvalue weighted by atomic mass is 10.1. The minimum Gasteiger partial charge on any atom is -0.339 e. The highest BCUT2D eigenvalue weighted by atomic mass is 32.1. The normalized spacial score (nSPS) is 12.1. The van der Waals surface area contributed by atoms with Gasteiger partial charge in [-0.15, -0.1) is 0 Å². The summed E-state index contributed by atoms with van der Waals surface area (Å²) in [6, 6.07) is 42.6. The van der Waals surface area contributed by atoms with Crippen LogP contribution in [0.1, 0.15) is 0 Å². The molecule has 208 valence electrons. The molecule has 0 aliphatic carbocycles. The van der Waals surface area contributed by atoms with Gasteiger partial charge in [0.15, 0.2) is 9.92 Å². The fraction of sp³-hybridized carbons (Fsp3) is 0. The van der Waals surface area contributed by atoms with E-state index in [1.165, 1.54) is 0 Å². The molecule has 5 aromatic carbocycles. The highest BCUT2D eigenvalue weighted by molar-refractivity contribution is 7.25. The van der Waals surface area contributed by atoms with E-state index in [4.69, 9.17) is 9.97 Å². The van der Waals surface area contributed by atoms with Crippen molar-refractivity contribution in [2.24, 2.45) is 0 Å². The molecule has 5 aromatic heterocycles. The summed E-state index contributed by atoms with van der Waals surface area (Å²) in [5.74, 6) is 0. The topological polar surface area (TPSA) is 67.2 Å². The number of benzene rings is 5. The zero-order valence-corrected chi connectivity index (χ0v) is 24.8. The first-order valence-corrected chi connectivity index (χ1v) is 16.1. The molecule has 2 N–H and O–H groups in total. The van der Waals surface area contributed by atoms with Crippen molar-refractivity contribution >= 4 is 96.9 Å². The Morgan fingerprint density at radius 2 is 0.818 bits per heavy atom. The number of fused-ring (bicyclic) bond motifs is 13. The van der Waals surface area contributed by atoms with Crippen LogP contribution in [0.3, 0.4) is 0 Å². The van der Waals surface area contributed by atoms with Crippen LogP contribution in [0.5, 0.6) is 0 Å². The average molecular weight is 603 g/mol. The Balaban J connectivity index is 1.56. The summed E-state index contributed by atoms with van der Waals surface area (Å²) in [6.45, 7) is 0. The van der Waals surface area contributed by atoms with E-state index >= 15 is 0 Å². The minimum absolute atomic E-state index is 0.890. The van der Waals surface area contributed by atoms with E-state index in [0.717, 1.165) is 85.6 Å². The van der Waals surface area contributed by atoms with Crippen LogP contribution in [0, 0.1) is 0 Å². The van der Waals surface area contributed by atoms with Gasteiger partial charge in [0.1, 0.15) is 22.3 Å². The highest BCUT2D eigenvalue weighted by Crippen LogP contribution is 2.38. The fourth-order valence-electron chi connectivity index (χ4n) is 6.44. The molecule has 0 amide bonds. The molecule has 0 saturated heterocycles. The maximum atomic E-state index is 5.31. The molecule has 0 aliphatic heterocycles. The van der Waals surface area contributed by atoms with Crippen molar-refractivity contribution in [1.82, 2.24) is 29.1 Å². The number of para-hydroxylation sites is 2. The number of thiazole rings is 2. The summed E-state index contributed by atoms with van der Waals surface area (Å²) in [4.78, 5) is 20.2. The molecule has 8 bridgehead atoms. The van der Waals surface area contributed by atoms with E-state index in [1.54, 1.807) is 22.7 Å². The third kappa shape index (κ3) is 3.35. The molecule has 8 heteroatoms. The van der Waals surface area contributed by atoms with Gasteiger partial charge in [-0.2, -0.15) is 0 Å². The number of rotatable bonds is 2. The lowest BCUT2D eigenvalue weighted by molar-refractivity contribution is 1.12. The third-order valence-electron chi connectivity index (χ3n) is 8.39. The van der Waals surface area contributed by atoms with E-state index in [2.05, 4.69) is 140 Å². The molecule has 10 rings (SSSR count). The Labute approximate surface area is 257 Å². The zero-order valence-electron chi connectivity index (χ0n) is 23.2. The Kier molecular flexibility index (Phi) is 4.94. The zero-order chi connectivity index (χ0) is 28.8. The molecule has 0 saturated carbocycles. The van der Waals surface area contributed by atoms with Crippen LogP contribution in [0.4, 0.5) is 0 Å². The van der Waals surface area contributed by atoms with Gasteiger partial charge in [-0.1, -0.05) is 108 Å². The average Bonchev–Trinajstić information content (AvgIpc) is 3.86. The molecule has 0 fully saturated rings.